The molecule has 1 aromatic carbocycles. The Balaban J connectivity index is 2.11. The molecule has 0 aliphatic carbocycles. The minimum atomic E-state index is -0.544. The summed E-state index contributed by atoms with van der Waals surface area (Å²) in [5.74, 6) is -0.777. The summed E-state index contributed by atoms with van der Waals surface area (Å²) in [5.41, 5.74) is 0.922. The second-order valence-corrected chi connectivity index (χ2v) is 4.39. The smallest absolute Gasteiger partial charge is 0.355 e. The van der Waals surface area contributed by atoms with Gasteiger partial charge in [0.25, 0.3) is 0 Å². The van der Waals surface area contributed by atoms with Crippen molar-refractivity contribution in [2.75, 3.05) is 6.61 Å². The first kappa shape index (κ1) is 13.5. The Morgan fingerprint density at radius 3 is 2.89 bits per heavy atom. The summed E-state index contributed by atoms with van der Waals surface area (Å²) < 4.78 is 4.82. The highest BCUT2D eigenvalue weighted by atomic mass is 35.5. The Hall–Kier alpha value is -1.88. The number of hydrogen-bond acceptors (Lipinski definition) is 4. The lowest BCUT2D eigenvalue weighted by molar-refractivity contribution is -0.135. The number of carbonyl (C=O) groups excluding carboxylic acids is 2. The number of hydrogen-bond donors (Lipinski definition) is 0. The van der Waals surface area contributed by atoms with Crippen LogP contribution in [0.1, 0.15) is 18.9 Å². The fourth-order valence-corrected chi connectivity index (χ4v) is 1.91. The van der Waals surface area contributed by atoms with Gasteiger partial charge in [-0.05, 0) is 18.6 Å². The van der Waals surface area contributed by atoms with Crippen molar-refractivity contribution in [2.24, 2.45) is 5.10 Å². The standard InChI is InChI=1S/C13H13ClN2O3/c1-2-19-13(18)11-7-12(17)16(15-11)8-9-5-3-4-6-10(9)14/h3-6H,2,7-8H2,1H3. The van der Waals surface area contributed by atoms with Crippen LogP contribution in [0.25, 0.3) is 0 Å². The van der Waals surface area contributed by atoms with E-state index in [0.717, 1.165) is 5.56 Å². The zero-order chi connectivity index (χ0) is 13.8. The van der Waals surface area contributed by atoms with E-state index >= 15 is 0 Å². The molecule has 6 heteroatoms. The van der Waals surface area contributed by atoms with Crippen molar-refractivity contribution in [3.05, 3.63) is 34.9 Å². The zero-order valence-corrected chi connectivity index (χ0v) is 11.2. The van der Waals surface area contributed by atoms with Crippen molar-refractivity contribution in [1.29, 1.82) is 0 Å². The second kappa shape index (κ2) is 5.84. The van der Waals surface area contributed by atoms with Gasteiger partial charge in [-0.3, -0.25) is 4.79 Å². The average molecular weight is 281 g/mol. The third-order valence-corrected chi connectivity index (χ3v) is 3.01. The third kappa shape index (κ3) is 3.12. The number of hydrazone groups is 1. The van der Waals surface area contributed by atoms with Crippen LogP contribution in [0.2, 0.25) is 5.02 Å². The number of halogens is 1. The molecule has 0 N–H and O–H groups in total. The van der Waals surface area contributed by atoms with Gasteiger partial charge in [0, 0.05) is 5.02 Å². The number of rotatable bonds is 4. The molecule has 0 saturated carbocycles. The molecule has 5 nitrogen and oxygen atoms in total. The van der Waals surface area contributed by atoms with E-state index in [1.807, 2.05) is 18.2 Å². The fraction of sp³-hybridized carbons (Fsp3) is 0.308. The van der Waals surface area contributed by atoms with Crippen LogP contribution in [0.5, 0.6) is 0 Å². The van der Waals surface area contributed by atoms with Crippen molar-refractivity contribution >= 4 is 29.2 Å². The molecular formula is C13H13ClN2O3. The number of nitrogens with zero attached hydrogens (tertiary/aromatic N) is 2. The van der Waals surface area contributed by atoms with E-state index in [1.54, 1.807) is 13.0 Å². The van der Waals surface area contributed by atoms with Crippen LogP contribution in [0, 0.1) is 0 Å². The molecular weight excluding hydrogens is 268 g/mol. The van der Waals surface area contributed by atoms with E-state index in [-0.39, 0.29) is 31.2 Å². The van der Waals surface area contributed by atoms with Gasteiger partial charge in [-0.15, -0.1) is 0 Å². The predicted octanol–water partition coefficient (Wildman–Crippen LogP) is 1.99. The van der Waals surface area contributed by atoms with Crippen molar-refractivity contribution in [1.82, 2.24) is 5.01 Å². The summed E-state index contributed by atoms with van der Waals surface area (Å²) in [6.45, 7) is 2.22. The van der Waals surface area contributed by atoms with Crippen LogP contribution < -0.4 is 0 Å². The topological polar surface area (TPSA) is 59.0 Å². The summed E-state index contributed by atoms with van der Waals surface area (Å²) >= 11 is 6.02. The molecule has 0 spiro atoms. The lowest BCUT2D eigenvalue weighted by Gasteiger charge is -2.12. The van der Waals surface area contributed by atoms with E-state index in [4.69, 9.17) is 16.3 Å². The fourth-order valence-electron chi connectivity index (χ4n) is 1.71. The largest absolute Gasteiger partial charge is 0.461 e. The number of esters is 1. The third-order valence-electron chi connectivity index (χ3n) is 2.64. The van der Waals surface area contributed by atoms with Crippen LogP contribution in [-0.2, 0) is 20.9 Å². The molecule has 0 bridgehead atoms. The molecule has 19 heavy (non-hydrogen) atoms. The SMILES string of the molecule is CCOC(=O)C1=NN(Cc2ccccc2Cl)C(=O)C1. The van der Waals surface area contributed by atoms with Gasteiger partial charge < -0.3 is 4.74 Å². The van der Waals surface area contributed by atoms with E-state index < -0.39 is 5.97 Å². The monoisotopic (exact) mass is 280 g/mol. The Kier molecular flexibility index (Phi) is 4.16. The van der Waals surface area contributed by atoms with Gasteiger partial charge >= 0.3 is 5.97 Å². The van der Waals surface area contributed by atoms with Crippen LogP contribution in [0.4, 0.5) is 0 Å². The number of amides is 1. The zero-order valence-electron chi connectivity index (χ0n) is 10.4. The summed E-state index contributed by atoms with van der Waals surface area (Å²) in [6, 6.07) is 7.20. The molecule has 0 radical (unpaired) electrons. The van der Waals surface area contributed by atoms with Crippen LogP contribution >= 0.6 is 11.6 Å². The molecule has 100 valence electrons. The molecule has 0 aromatic heterocycles. The first-order chi connectivity index (χ1) is 9.11. The highest BCUT2D eigenvalue weighted by Crippen LogP contribution is 2.20. The maximum atomic E-state index is 11.8. The van der Waals surface area contributed by atoms with E-state index in [1.165, 1.54) is 5.01 Å². The quantitative estimate of drug-likeness (QED) is 0.793. The average Bonchev–Trinajstić information content (AvgIpc) is 2.74. The van der Waals surface area contributed by atoms with Gasteiger partial charge in [0.15, 0.2) is 5.71 Å². The number of carbonyl (C=O) groups is 2. The Morgan fingerprint density at radius 2 is 2.21 bits per heavy atom. The highest BCUT2D eigenvalue weighted by Gasteiger charge is 2.29. The Morgan fingerprint density at radius 1 is 1.47 bits per heavy atom. The Bertz CT molecular complexity index is 542. The molecule has 2 rings (SSSR count). The number of benzene rings is 1. The lowest BCUT2D eigenvalue weighted by Crippen LogP contribution is -2.20. The molecule has 0 fully saturated rings. The van der Waals surface area contributed by atoms with Gasteiger partial charge in [-0.25, -0.2) is 9.80 Å². The normalized spacial score (nSPS) is 14.5. The van der Waals surface area contributed by atoms with Gasteiger partial charge in [-0.2, -0.15) is 5.10 Å². The Labute approximate surface area is 115 Å². The predicted molar refractivity (Wildman–Crippen MR) is 70.7 cm³/mol. The van der Waals surface area contributed by atoms with E-state index in [9.17, 15) is 9.59 Å². The highest BCUT2D eigenvalue weighted by molar-refractivity contribution is 6.41. The first-order valence-electron chi connectivity index (χ1n) is 5.90. The van der Waals surface area contributed by atoms with Gasteiger partial charge in [0.1, 0.15) is 0 Å². The van der Waals surface area contributed by atoms with Gasteiger partial charge in [-0.1, -0.05) is 29.8 Å². The van der Waals surface area contributed by atoms with E-state index in [2.05, 4.69) is 5.10 Å². The molecule has 1 aliphatic heterocycles. The summed E-state index contributed by atoms with van der Waals surface area (Å²) in [6.07, 6.45) is -0.0245. The molecule has 1 heterocycles. The van der Waals surface area contributed by atoms with Crippen molar-refractivity contribution < 1.29 is 14.3 Å². The second-order valence-electron chi connectivity index (χ2n) is 3.99. The molecule has 0 unspecified atom stereocenters. The summed E-state index contributed by atoms with van der Waals surface area (Å²) in [5, 5.41) is 5.80. The molecule has 1 amide bonds. The maximum absolute atomic E-state index is 11.8. The van der Waals surface area contributed by atoms with Crippen molar-refractivity contribution in [3.63, 3.8) is 0 Å². The molecule has 1 aromatic rings. The molecule has 0 atom stereocenters. The molecule has 1 aliphatic rings. The van der Waals surface area contributed by atoms with Crippen molar-refractivity contribution in [3.8, 4) is 0 Å². The summed E-state index contributed by atoms with van der Waals surface area (Å²) in [4.78, 5) is 23.3. The van der Waals surface area contributed by atoms with Crippen molar-refractivity contribution in [2.45, 2.75) is 19.9 Å². The van der Waals surface area contributed by atoms with Gasteiger partial charge in [0.2, 0.25) is 5.91 Å². The van der Waals surface area contributed by atoms with Crippen LogP contribution in [-0.4, -0.2) is 29.2 Å². The lowest BCUT2D eigenvalue weighted by atomic mass is 10.2. The first-order valence-corrected chi connectivity index (χ1v) is 6.28. The van der Waals surface area contributed by atoms with Gasteiger partial charge in [0.05, 0.1) is 19.6 Å². The summed E-state index contributed by atoms with van der Waals surface area (Å²) in [7, 11) is 0. The van der Waals surface area contributed by atoms with Crippen LogP contribution in [0.15, 0.2) is 29.4 Å². The van der Waals surface area contributed by atoms with Crippen LogP contribution in [0.3, 0.4) is 0 Å². The molecule has 0 saturated heterocycles. The minimum absolute atomic E-state index is 0.0245. The minimum Gasteiger partial charge on any atom is -0.461 e. The maximum Gasteiger partial charge on any atom is 0.355 e. The number of ether oxygens (including phenoxy) is 1. The van der Waals surface area contributed by atoms with E-state index in [0.29, 0.717) is 5.02 Å².